The van der Waals surface area contributed by atoms with Crippen LogP contribution < -0.4 is 14.8 Å². The number of rotatable bonds is 6. The lowest BCUT2D eigenvalue weighted by Gasteiger charge is -2.24. The predicted molar refractivity (Wildman–Crippen MR) is 79.8 cm³/mol. The van der Waals surface area contributed by atoms with Gasteiger partial charge < -0.3 is 19.9 Å². The third-order valence-corrected chi connectivity index (χ3v) is 2.94. The third-order valence-electron chi connectivity index (χ3n) is 2.66. The average molecular weight is 310 g/mol. The number of aliphatic hydroxyl groups is 1. The van der Waals surface area contributed by atoms with Crippen molar-refractivity contribution in [2.75, 3.05) is 20.8 Å². The zero-order chi connectivity index (χ0) is 13.8. The number of nitrogens with one attached hydrogen (secondary N) is 1. The number of methoxy groups -OCH3 is 2. The summed E-state index contributed by atoms with van der Waals surface area (Å²) < 4.78 is 10.4. The third kappa shape index (κ3) is 5.07. The first-order valence-electron chi connectivity index (χ1n) is 5.70. The van der Waals surface area contributed by atoms with E-state index in [1.54, 1.807) is 14.2 Å². The summed E-state index contributed by atoms with van der Waals surface area (Å²) in [7, 11) is 3.12. The molecule has 0 bridgehead atoms. The first kappa shape index (κ1) is 18.3. The lowest BCUT2D eigenvalue weighted by Crippen LogP contribution is -2.42. The van der Waals surface area contributed by atoms with E-state index in [-0.39, 0.29) is 24.6 Å². The van der Waals surface area contributed by atoms with Gasteiger partial charge in [-0.05, 0) is 31.5 Å². The maximum absolute atomic E-state index is 9.18. The molecule has 0 aliphatic heterocycles. The summed E-state index contributed by atoms with van der Waals surface area (Å²) in [4.78, 5) is 0. The highest BCUT2D eigenvalue weighted by atomic mass is 35.5. The maximum Gasteiger partial charge on any atom is 0.179 e. The molecule has 1 rings (SSSR count). The maximum atomic E-state index is 9.18. The summed E-state index contributed by atoms with van der Waals surface area (Å²) in [5.41, 5.74) is 0.638. The normalized spacial score (nSPS) is 10.8. The van der Waals surface area contributed by atoms with Gasteiger partial charge >= 0.3 is 0 Å². The molecule has 4 nitrogen and oxygen atoms in total. The minimum atomic E-state index is -0.334. The van der Waals surface area contributed by atoms with Gasteiger partial charge in [-0.1, -0.05) is 11.6 Å². The van der Waals surface area contributed by atoms with Crippen molar-refractivity contribution in [3.63, 3.8) is 0 Å². The van der Waals surface area contributed by atoms with Gasteiger partial charge in [-0.25, -0.2) is 0 Å². The second-order valence-electron chi connectivity index (χ2n) is 4.71. The van der Waals surface area contributed by atoms with Crippen LogP contribution in [-0.4, -0.2) is 31.5 Å². The van der Waals surface area contributed by atoms with Crippen LogP contribution in [0, 0.1) is 0 Å². The van der Waals surface area contributed by atoms with Gasteiger partial charge in [0.1, 0.15) is 0 Å². The van der Waals surface area contributed by atoms with Crippen LogP contribution in [0.4, 0.5) is 0 Å². The van der Waals surface area contributed by atoms with Crippen LogP contribution >= 0.6 is 24.0 Å². The van der Waals surface area contributed by atoms with Crippen molar-refractivity contribution >= 4 is 24.0 Å². The van der Waals surface area contributed by atoms with Gasteiger partial charge in [0.05, 0.1) is 25.8 Å². The molecule has 0 aliphatic rings. The largest absolute Gasteiger partial charge is 0.493 e. The van der Waals surface area contributed by atoms with E-state index >= 15 is 0 Å². The van der Waals surface area contributed by atoms with Crippen LogP contribution in [-0.2, 0) is 6.54 Å². The van der Waals surface area contributed by atoms with Crippen molar-refractivity contribution in [1.82, 2.24) is 5.32 Å². The molecule has 0 saturated carbocycles. The standard InChI is InChI=1S/C13H20ClNO3.ClH/c1-13(2,8-16)15-7-9-5-10(14)12(18-4)11(6-9)17-3;/h5-6,15-16H,7-8H2,1-4H3;1H. The van der Waals surface area contributed by atoms with E-state index in [9.17, 15) is 5.11 Å². The first-order chi connectivity index (χ1) is 8.43. The molecular formula is C13H21Cl2NO3. The molecule has 0 amide bonds. The van der Waals surface area contributed by atoms with E-state index in [1.807, 2.05) is 26.0 Å². The summed E-state index contributed by atoms with van der Waals surface area (Å²) in [5.74, 6) is 1.13. The van der Waals surface area contributed by atoms with Crippen molar-refractivity contribution in [3.8, 4) is 11.5 Å². The summed E-state index contributed by atoms with van der Waals surface area (Å²) in [6.45, 7) is 4.51. The fourth-order valence-corrected chi connectivity index (χ4v) is 1.78. The van der Waals surface area contributed by atoms with Crippen LogP contribution in [0.5, 0.6) is 11.5 Å². The fraction of sp³-hybridized carbons (Fsp3) is 0.538. The molecular weight excluding hydrogens is 289 g/mol. The molecule has 1 aromatic rings. The Balaban J connectivity index is 0.00000324. The highest BCUT2D eigenvalue weighted by Crippen LogP contribution is 2.36. The Hall–Kier alpha value is -0.680. The lowest BCUT2D eigenvalue weighted by molar-refractivity contribution is 0.187. The molecule has 0 spiro atoms. The van der Waals surface area contributed by atoms with Crippen molar-refractivity contribution in [2.24, 2.45) is 0 Å². The van der Waals surface area contributed by atoms with Gasteiger partial charge in [0.25, 0.3) is 0 Å². The molecule has 0 unspecified atom stereocenters. The average Bonchev–Trinajstić information content (AvgIpc) is 2.35. The van der Waals surface area contributed by atoms with E-state index in [0.29, 0.717) is 23.1 Å². The quantitative estimate of drug-likeness (QED) is 0.848. The van der Waals surface area contributed by atoms with Gasteiger partial charge in [0.2, 0.25) is 0 Å². The van der Waals surface area contributed by atoms with Gasteiger partial charge in [0, 0.05) is 12.1 Å². The van der Waals surface area contributed by atoms with E-state index in [1.165, 1.54) is 0 Å². The molecule has 0 heterocycles. The Labute approximate surface area is 125 Å². The molecule has 0 fully saturated rings. The molecule has 110 valence electrons. The number of hydrogen-bond acceptors (Lipinski definition) is 4. The van der Waals surface area contributed by atoms with Gasteiger partial charge in [0.15, 0.2) is 11.5 Å². The molecule has 2 N–H and O–H groups in total. The Kier molecular flexibility index (Phi) is 7.52. The van der Waals surface area contributed by atoms with Gasteiger partial charge in [-0.15, -0.1) is 12.4 Å². The van der Waals surface area contributed by atoms with Crippen LogP contribution in [0.2, 0.25) is 5.02 Å². The van der Waals surface area contributed by atoms with Crippen LogP contribution in [0.15, 0.2) is 12.1 Å². The molecule has 6 heteroatoms. The van der Waals surface area contributed by atoms with E-state index < -0.39 is 0 Å². The number of aliphatic hydroxyl groups excluding tert-OH is 1. The van der Waals surface area contributed by atoms with Crippen LogP contribution in [0.1, 0.15) is 19.4 Å². The molecule has 0 radical (unpaired) electrons. The van der Waals surface area contributed by atoms with Crippen LogP contribution in [0.3, 0.4) is 0 Å². The Morgan fingerprint density at radius 3 is 2.37 bits per heavy atom. The first-order valence-corrected chi connectivity index (χ1v) is 6.07. The van der Waals surface area contributed by atoms with Gasteiger partial charge in [-0.2, -0.15) is 0 Å². The minimum Gasteiger partial charge on any atom is -0.493 e. The molecule has 0 aromatic heterocycles. The summed E-state index contributed by atoms with van der Waals surface area (Å²) in [6, 6.07) is 3.69. The van der Waals surface area contributed by atoms with Crippen LogP contribution in [0.25, 0.3) is 0 Å². The van der Waals surface area contributed by atoms with Crippen molar-refractivity contribution in [1.29, 1.82) is 0 Å². The predicted octanol–water partition coefficient (Wildman–Crippen LogP) is 2.64. The SMILES string of the molecule is COc1cc(CNC(C)(C)CO)cc(Cl)c1OC.Cl. The zero-order valence-corrected chi connectivity index (χ0v) is 13.2. The van der Waals surface area contributed by atoms with Gasteiger partial charge in [-0.3, -0.25) is 0 Å². The molecule has 1 aromatic carbocycles. The van der Waals surface area contributed by atoms with Crippen molar-refractivity contribution < 1.29 is 14.6 Å². The summed E-state index contributed by atoms with van der Waals surface area (Å²) in [6.07, 6.45) is 0. The highest BCUT2D eigenvalue weighted by molar-refractivity contribution is 6.32. The van der Waals surface area contributed by atoms with E-state index in [0.717, 1.165) is 5.56 Å². The number of ether oxygens (including phenoxy) is 2. The Morgan fingerprint density at radius 1 is 1.26 bits per heavy atom. The second-order valence-corrected chi connectivity index (χ2v) is 5.12. The number of hydrogen-bond donors (Lipinski definition) is 2. The lowest BCUT2D eigenvalue weighted by atomic mass is 10.1. The molecule has 0 atom stereocenters. The Morgan fingerprint density at radius 2 is 1.89 bits per heavy atom. The molecule has 19 heavy (non-hydrogen) atoms. The van der Waals surface area contributed by atoms with E-state index in [2.05, 4.69) is 5.32 Å². The summed E-state index contributed by atoms with van der Waals surface area (Å²) in [5, 5.41) is 12.9. The summed E-state index contributed by atoms with van der Waals surface area (Å²) >= 11 is 6.12. The monoisotopic (exact) mass is 309 g/mol. The van der Waals surface area contributed by atoms with Crippen molar-refractivity contribution in [3.05, 3.63) is 22.7 Å². The zero-order valence-electron chi connectivity index (χ0n) is 11.6. The topological polar surface area (TPSA) is 50.7 Å². The number of benzene rings is 1. The second kappa shape index (κ2) is 7.80. The minimum absolute atomic E-state index is 0. The fourth-order valence-electron chi connectivity index (χ4n) is 1.47. The highest BCUT2D eigenvalue weighted by Gasteiger charge is 2.16. The molecule has 0 aliphatic carbocycles. The smallest absolute Gasteiger partial charge is 0.179 e. The van der Waals surface area contributed by atoms with E-state index in [4.69, 9.17) is 21.1 Å². The Bertz CT molecular complexity index is 411. The number of halogens is 2. The van der Waals surface area contributed by atoms with Crippen molar-refractivity contribution in [2.45, 2.75) is 25.9 Å². The molecule has 0 saturated heterocycles.